The molecule has 1 N–H and O–H groups in total. The van der Waals surface area contributed by atoms with E-state index in [1.54, 1.807) is 0 Å². The van der Waals surface area contributed by atoms with Crippen molar-refractivity contribution in [3.05, 3.63) is 59.7 Å². The Hall–Kier alpha value is -2.71. The second-order valence-electron chi connectivity index (χ2n) is 6.59. The number of morpholine rings is 1. The maximum atomic E-state index is 12.9. The fourth-order valence-electron chi connectivity index (χ4n) is 3.21. The van der Waals surface area contributed by atoms with Gasteiger partial charge >= 0.3 is 6.61 Å². The lowest BCUT2D eigenvalue weighted by Gasteiger charge is -2.31. The second kappa shape index (κ2) is 10.2. The summed E-state index contributed by atoms with van der Waals surface area (Å²) in [6, 6.07) is 13.6. The third-order valence-corrected chi connectivity index (χ3v) is 4.69. The number of ether oxygens (including phenoxy) is 3. The lowest BCUT2D eigenvalue weighted by molar-refractivity contribution is -0.0512. The zero-order valence-corrected chi connectivity index (χ0v) is 16.1. The molecule has 29 heavy (non-hydrogen) atoms. The molecule has 2 aromatic rings. The summed E-state index contributed by atoms with van der Waals surface area (Å²) in [5.74, 6) is -0.372. The van der Waals surface area contributed by atoms with Crippen LogP contribution in [0.5, 0.6) is 11.5 Å². The Morgan fingerprint density at radius 1 is 1.14 bits per heavy atom. The van der Waals surface area contributed by atoms with E-state index in [1.165, 1.54) is 25.3 Å². The van der Waals surface area contributed by atoms with Crippen LogP contribution in [0.1, 0.15) is 22.0 Å². The average molecular weight is 406 g/mol. The van der Waals surface area contributed by atoms with Crippen molar-refractivity contribution in [3.63, 3.8) is 0 Å². The summed E-state index contributed by atoms with van der Waals surface area (Å²) >= 11 is 0. The number of carbonyl (C=O) groups excluding carboxylic acids is 1. The number of alkyl halides is 2. The number of rotatable bonds is 8. The van der Waals surface area contributed by atoms with Crippen LogP contribution in [0.4, 0.5) is 8.78 Å². The normalized spacial score (nSPS) is 15.7. The van der Waals surface area contributed by atoms with E-state index >= 15 is 0 Å². The van der Waals surface area contributed by atoms with Crippen molar-refractivity contribution in [2.24, 2.45) is 0 Å². The largest absolute Gasteiger partial charge is 0.493 e. The molecule has 1 amide bonds. The van der Waals surface area contributed by atoms with E-state index in [-0.39, 0.29) is 23.4 Å². The number of nitrogens with zero attached hydrogens (tertiary/aromatic N) is 1. The van der Waals surface area contributed by atoms with Gasteiger partial charge in [0.1, 0.15) is 0 Å². The maximum Gasteiger partial charge on any atom is 0.387 e. The molecule has 0 saturated carbocycles. The van der Waals surface area contributed by atoms with Crippen LogP contribution in [-0.2, 0) is 4.74 Å². The van der Waals surface area contributed by atoms with Gasteiger partial charge in [-0.15, -0.1) is 0 Å². The first-order valence-electron chi connectivity index (χ1n) is 9.35. The minimum absolute atomic E-state index is 0.0717. The molecule has 1 aliphatic rings. The smallest absolute Gasteiger partial charge is 0.387 e. The van der Waals surface area contributed by atoms with Gasteiger partial charge < -0.3 is 19.5 Å². The number of benzene rings is 2. The highest BCUT2D eigenvalue weighted by molar-refractivity contribution is 5.95. The van der Waals surface area contributed by atoms with Crippen molar-refractivity contribution in [2.75, 3.05) is 40.0 Å². The van der Waals surface area contributed by atoms with E-state index in [1.807, 2.05) is 30.3 Å². The quantitative estimate of drug-likeness (QED) is 0.730. The monoisotopic (exact) mass is 406 g/mol. The fraction of sp³-hybridized carbons (Fsp3) is 0.381. The number of methoxy groups -OCH3 is 1. The summed E-state index contributed by atoms with van der Waals surface area (Å²) < 4.78 is 39.9. The summed E-state index contributed by atoms with van der Waals surface area (Å²) in [5, 5.41) is 3.04. The first-order chi connectivity index (χ1) is 14.1. The van der Waals surface area contributed by atoms with Crippen LogP contribution in [0.2, 0.25) is 0 Å². The fourth-order valence-corrected chi connectivity index (χ4v) is 3.21. The number of halogens is 2. The molecular formula is C21H24F2N2O4. The van der Waals surface area contributed by atoms with Crippen LogP contribution in [-0.4, -0.2) is 57.4 Å². The zero-order valence-electron chi connectivity index (χ0n) is 16.1. The molecule has 8 heteroatoms. The molecule has 1 heterocycles. The van der Waals surface area contributed by atoms with Gasteiger partial charge in [-0.1, -0.05) is 30.3 Å². The standard InChI is InChI=1S/C21H24F2N2O4/c1-27-19-13-16(7-8-18(19)29-21(22)23)20(26)24-17(15-5-3-2-4-6-15)14-25-9-11-28-12-10-25/h2-8,13,17,21H,9-12,14H2,1H3,(H,24,26)/t17-/m1/s1. The summed E-state index contributed by atoms with van der Waals surface area (Å²) in [5.41, 5.74) is 1.28. The second-order valence-corrected chi connectivity index (χ2v) is 6.59. The molecule has 6 nitrogen and oxygen atoms in total. The summed E-state index contributed by atoms with van der Waals surface area (Å²) in [4.78, 5) is 15.1. The lowest BCUT2D eigenvalue weighted by atomic mass is 10.0. The summed E-state index contributed by atoms with van der Waals surface area (Å²) in [7, 11) is 1.33. The van der Waals surface area contributed by atoms with E-state index in [9.17, 15) is 13.6 Å². The van der Waals surface area contributed by atoms with Crippen molar-refractivity contribution < 1.29 is 27.8 Å². The van der Waals surface area contributed by atoms with Crippen molar-refractivity contribution in [2.45, 2.75) is 12.7 Å². The van der Waals surface area contributed by atoms with Gasteiger partial charge in [0.15, 0.2) is 11.5 Å². The van der Waals surface area contributed by atoms with Gasteiger partial charge in [-0.2, -0.15) is 8.78 Å². The molecule has 1 fully saturated rings. The van der Waals surface area contributed by atoms with Crippen molar-refractivity contribution in [1.29, 1.82) is 0 Å². The minimum Gasteiger partial charge on any atom is -0.493 e. The van der Waals surface area contributed by atoms with Gasteiger partial charge in [0.05, 0.1) is 26.4 Å². The van der Waals surface area contributed by atoms with Gasteiger partial charge in [-0.3, -0.25) is 9.69 Å². The SMILES string of the molecule is COc1cc(C(=O)N[C@H](CN2CCOCC2)c2ccccc2)ccc1OC(F)F. The third kappa shape index (κ3) is 5.88. The summed E-state index contributed by atoms with van der Waals surface area (Å²) in [6.07, 6.45) is 0. The Morgan fingerprint density at radius 2 is 1.86 bits per heavy atom. The van der Waals surface area contributed by atoms with Crippen LogP contribution in [0, 0.1) is 0 Å². The molecule has 0 aliphatic carbocycles. The van der Waals surface area contributed by atoms with E-state index in [0.717, 1.165) is 18.7 Å². The number of amides is 1. The van der Waals surface area contributed by atoms with Gasteiger partial charge in [0.25, 0.3) is 5.91 Å². The molecule has 1 aliphatic heterocycles. The van der Waals surface area contributed by atoms with Gasteiger partial charge in [-0.25, -0.2) is 0 Å². The van der Waals surface area contributed by atoms with E-state index < -0.39 is 6.61 Å². The first-order valence-corrected chi connectivity index (χ1v) is 9.35. The van der Waals surface area contributed by atoms with Crippen molar-refractivity contribution in [3.8, 4) is 11.5 Å². The Bertz CT molecular complexity index is 799. The Balaban J connectivity index is 1.76. The van der Waals surface area contributed by atoms with Crippen LogP contribution in [0.25, 0.3) is 0 Å². The number of carbonyl (C=O) groups is 1. The predicted octanol–water partition coefficient (Wildman–Crippen LogP) is 3.10. The number of hydrogen-bond acceptors (Lipinski definition) is 5. The minimum atomic E-state index is -2.97. The molecule has 3 rings (SSSR count). The lowest BCUT2D eigenvalue weighted by Crippen LogP contribution is -2.43. The molecular weight excluding hydrogens is 382 g/mol. The molecule has 0 radical (unpaired) electrons. The molecule has 0 bridgehead atoms. The molecule has 156 valence electrons. The van der Waals surface area contributed by atoms with Crippen LogP contribution in [0.15, 0.2) is 48.5 Å². The predicted molar refractivity (Wildman–Crippen MR) is 104 cm³/mol. The number of nitrogens with one attached hydrogen (secondary N) is 1. The van der Waals surface area contributed by atoms with E-state index in [2.05, 4.69) is 15.0 Å². The highest BCUT2D eigenvalue weighted by Crippen LogP contribution is 2.29. The number of hydrogen-bond donors (Lipinski definition) is 1. The Kier molecular flexibility index (Phi) is 7.37. The van der Waals surface area contributed by atoms with E-state index in [0.29, 0.717) is 25.3 Å². The van der Waals surface area contributed by atoms with Gasteiger partial charge in [-0.05, 0) is 23.8 Å². The maximum absolute atomic E-state index is 12.9. The Morgan fingerprint density at radius 3 is 2.52 bits per heavy atom. The molecule has 1 atom stereocenters. The summed E-state index contributed by atoms with van der Waals surface area (Å²) in [6.45, 7) is 0.596. The highest BCUT2D eigenvalue weighted by atomic mass is 19.3. The molecule has 0 unspecified atom stereocenters. The topological polar surface area (TPSA) is 60.0 Å². The van der Waals surface area contributed by atoms with Crippen molar-refractivity contribution >= 4 is 5.91 Å². The average Bonchev–Trinajstić information content (AvgIpc) is 2.74. The molecule has 0 spiro atoms. The van der Waals surface area contributed by atoms with Gasteiger partial charge in [0, 0.05) is 25.2 Å². The molecule has 1 saturated heterocycles. The molecule has 0 aromatic heterocycles. The van der Waals surface area contributed by atoms with Gasteiger partial charge in [0.2, 0.25) is 0 Å². The highest BCUT2D eigenvalue weighted by Gasteiger charge is 2.22. The third-order valence-electron chi connectivity index (χ3n) is 4.69. The zero-order chi connectivity index (χ0) is 20.6. The van der Waals surface area contributed by atoms with Crippen molar-refractivity contribution in [1.82, 2.24) is 10.2 Å². The van der Waals surface area contributed by atoms with E-state index in [4.69, 9.17) is 9.47 Å². The Labute approximate surface area is 168 Å². The van der Waals surface area contributed by atoms with Crippen LogP contribution < -0.4 is 14.8 Å². The first kappa shape index (κ1) is 21.0. The molecule has 2 aromatic carbocycles. The van der Waals surface area contributed by atoms with Crippen LogP contribution in [0.3, 0.4) is 0 Å². The van der Waals surface area contributed by atoms with Crippen LogP contribution >= 0.6 is 0 Å².